The van der Waals surface area contributed by atoms with Crippen LogP contribution >= 0.6 is 11.3 Å². The summed E-state index contributed by atoms with van der Waals surface area (Å²) < 4.78 is 12.5. The summed E-state index contributed by atoms with van der Waals surface area (Å²) >= 11 is 1.48. The van der Waals surface area contributed by atoms with E-state index in [9.17, 15) is 4.39 Å². The van der Waals surface area contributed by atoms with Gasteiger partial charge >= 0.3 is 0 Å². The highest BCUT2D eigenvalue weighted by atomic mass is 32.1. The third-order valence-electron chi connectivity index (χ3n) is 1.31. The Morgan fingerprint density at radius 3 is 2.20 bits per heavy atom. The number of hydrogen-bond donors (Lipinski definition) is 0. The minimum Gasteiger partial charge on any atom is -0.206 e. The number of thiophene rings is 1. The van der Waals surface area contributed by atoms with Gasteiger partial charge in [-0.1, -0.05) is 20.8 Å². The molecule has 0 bridgehead atoms. The average Bonchev–Trinajstić information content (AvgIpc) is 2.11. The molecule has 1 aromatic rings. The Morgan fingerprint density at radius 1 is 1.40 bits per heavy atom. The third-order valence-corrected chi connectivity index (χ3v) is 2.63. The lowest BCUT2D eigenvalue weighted by Crippen LogP contribution is -2.07. The maximum absolute atomic E-state index is 12.5. The van der Waals surface area contributed by atoms with Crippen molar-refractivity contribution in [3.05, 3.63) is 22.1 Å². The smallest absolute Gasteiger partial charge is 0.134 e. The molecule has 56 valence electrons. The zero-order chi connectivity index (χ0) is 7.78. The summed E-state index contributed by atoms with van der Waals surface area (Å²) in [5.41, 5.74) is 0.0923. The summed E-state index contributed by atoms with van der Waals surface area (Å²) in [4.78, 5) is 1.10. The molecule has 0 atom stereocenters. The van der Waals surface area contributed by atoms with Crippen LogP contribution < -0.4 is 0 Å². The Bertz CT molecular complexity index is 219. The molecule has 1 rings (SSSR count). The van der Waals surface area contributed by atoms with E-state index in [0.717, 1.165) is 4.88 Å². The van der Waals surface area contributed by atoms with Crippen LogP contribution in [-0.2, 0) is 5.41 Å². The van der Waals surface area contributed by atoms with Gasteiger partial charge in [0.1, 0.15) is 5.82 Å². The van der Waals surface area contributed by atoms with Crippen LogP contribution in [0.15, 0.2) is 11.4 Å². The van der Waals surface area contributed by atoms with Crippen LogP contribution in [0.1, 0.15) is 25.6 Å². The molecule has 0 spiro atoms. The van der Waals surface area contributed by atoms with Crippen molar-refractivity contribution in [3.8, 4) is 0 Å². The molecule has 1 aromatic heterocycles. The Hall–Kier alpha value is -0.370. The standard InChI is InChI=1S/C8H11FS/c1-8(2,3)7-4-6(9)5-10-7/h4-5H,1-3H3. The van der Waals surface area contributed by atoms with Crippen molar-refractivity contribution in [2.75, 3.05) is 0 Å². The molecule has 0 nitrogen and oxygen atoms in total. The number of rotatable bonds is 0. The molecule has 2 heteroatoms. The van der Waals surface area contributed by atoms with Crippen LogP contribution in [0.4, 0.5) is 4.39 Å². The van der Waals surface area contributed by atoms with Crippen LogP contribution in [-0.4, -0.2) is 0 Å². The molecular weight excluding hydrogens is 147 g/mol. The first-order valence-corrected chi connectivity index (χ1v) is 4.12. The van der Waals surface area contributed by atoms with E-state index < -0.39 is 0 Å². The molecule has 0 amide bonds. The second-order valence-corrected chi connectivity index (χ2v) is 4.29. The molecular formula is C8H11FS. The fourth-order valence-electron chi connectivity index (χ4n) is 0.706. The fraction of sp³-hybridized carbons (Fsp3) is 0.500. The van der Waals surface area contributed by atoms with Crippen LogP contribution in [0, 0.1) is 5.82 Å². The Kier molecular flexibility index (Phi) is 1.82. The molecule has 0 aliphatic rings. The fourth-order valence-corrected chi connectivity index (χ4v) is 1.55. The first kappa shape index (κ1) is 7.73. The second kappa shape index (κ2) is 2.35. The summed E-state index contributed by atoms with van der Waals surface area (Å²) in [6, 6.07) is 1.60. The molecule has 0 aliphatic carbocycles. The summed E-state index contributed by atoms with van der Waals surface area (Å²) in [7, 11) is 0. The maximum atomic E-state index is 12.5. The minimum atomic E-state index is -0.116. The minimum absolute atomic E-state index is 0.0923. The highest BCUT2D eigenvalue weighted by Gasteiger charge is 2.15. The van der Waals surface area contributed by atoms with Gasteiger partial charge in [-0.05, 0) is 11.5 Å². The van der Waals surface area contributed by atoms with Crippen molar-refractivity contribution in [3.63, 3.8) is 0 Å². The molecule has 10 heavy (non-hydrogen) atoms. The first-order valence-electron chi connectivity index (χ1n) is 3.24. The van der Waals surface area contributed by atoms with Gasteiger partial charge in [0, 0.05) is 10.3 Å². The van der Waals surface area contributed by atoms with Crippen molar-refractivity contribution < 1.29 is 4.39 Å². The van der Waals surface area contributed by atoms with Gasteiger partial charge in [-0.25, -0.2) is 4.39 Å². The van der Waals surface area contributed by atoms with E-state index in [-0.39, 0.29) is 11.2 Å². The molecule has 1 heterocycles. The molecule has 0 saturated heterocycles. The molecule has 0 fully saturated rings. The Morgan fingerprint density at radius 2 is 2.00 bits per heavy atom. The molecule has 0 aliphatic heterocycles. The summed E-state index contributed by atoms with van der Waals surface area (Å²) in [6.45, 7) is 6.24. The van der Waals surface area contributed by atoms with Crippen molar-refractivity contribution in [1.29, 1.82) is 0 Å². The van der Waals surface area contributed by atoms with Crippen LogP contribution in [0.2, 0.25) is 0 Å². The van der Waals surface area contributed by atoms with E-state index in [1.165, 1.54) is 11.3 Å². The largest absolute Gasteiger partial charge is 0.206 e. The van der Waals surface area contributed by atoms with E-state index in [0.29, 0.717) is 0 Å². The van der Waals surface area contributed by atoms with Crippen molar-refractivity contribution >= 4 is 11.3 Å². The SMILES string of the molecule is CC(C)(C)c1cc(F)cs1. The maximum Gasteiger partial charge on any atom is 0.134 e. The summed E-state index contributed by atoms with van der Waals surface area (Å²) in [5, 5.41) is 1.54. The monoisotopic (exact) mass is 158 g/mol. The van der Waals surface area contributed by atoms with Crippen LogP contribution in [0.3, 0.4) is 0 Å². The van der Waals surface area contributed by atoms with Crippen molar-refractivity contribution in [2.45, 2.75) is 26.2 Å². The van der Waals surface area contributed by atoms with Crippen LogP contribution in [0.25, 0.3) is 0 Å². The lowest BCUT2D eigenvalue weighted by atomic mass is 9.95. The van der Waals surface area contributed by atoms with E-state index in [2.05, 4.69) is 20.8 Å². The zero-order valence-corrected chi connectivity index (χ0v) is 7.26. The predicted octanol–water partition coefficient (Wildman–Crippen LogP) is 3.18. The molecule has 0 N–H and O–H groups in total. The predicted molar refractivity (Wildman–Crippen MR) is 43.0 cm³/mol. The summed E-state index contributed by atoms with van der Waals surface area (Å²) in [5.74, 6) is -0.116. The van der Waals surface area contributed by atoms with E-state index in [4.69, 9.17) is 0 Å². The van der Waals surface area contributed by atoms with Crippen molar-refractivity contribution in [2.24, 2.45) is 0 Å². The van der Waals surface area contributed by atoms with E-state index in [1.807, 2.05) is 0 Å². The van der Waals surface area contributed by atoms with Gasteiger partial charge < -0.3 is 0 Å². The highest BCUT2D eigenvalue weighted by molar-refractivity contribution is 7.10. The number of hydrogen-bond acceptors (Lipinski definition) is 1. The van der Waals surface area contributed by atoms with Gasteiger partial charge in [0.25, 0.3) is 0 Å². The zero-order valence-electron chi connectivity index (χ0n) is 6.44. The number of halogens is 1. The second-order valence-electron chi connectivity index (χ2n) is 3.38. The highest BCUT2D eigenvalue weighted by Crippen LogP contribution is 2.27. The van der Waals surface area contributed by atoms with Gasteiger partial charge in [-0.3, -0.25) is 0 Å². The summed E-state index contributed by atoms with van der Waals surface area (Å²) in [6.07, 6.45) is 0. The topological polar surface area (TPSA) is 0 Å². The Balaban J connectivity index is 2.96. The average molecular weight is 158 g/mol. The molecule has 0 radical (unpaired) electrons. The van der Waals surface area contributed by atoms with Gasteiger partial charge in [0.2, 0.25) is 0 Å². The third kappa shape index (κ3) is 1.57. The van der Waals surface area contributed by atoms with Crippen LogP contribution in [0.5, 0.6) is 0 Å². The van der Waals surface area contributed by atoms with Gasteiger partial charge in [0.15, 0.2) is 0 Å². The lowest BCUT2D eigenvalue weighted by Gasteiger charge is -2.14. The van der Waals surface area contributed by atoms with E-state index in [1.54, 1.807) is 11.4 Å². The quantitative estimate of drug-likeness (QED) is 0.544. The normalized spacial score (nSPS) is 12.0. The molecule has 0 aromatic carbocycles. The van der Waals surface area contributed by atoms with Gasteiger partial charge in [-0.2, -0.15) is 0 Å². The van der Waals surface area contributed by atoms with E-state index >= 15 is 0 Å². The first-order chi connectivity index (χ1) is 4.50. The lowest BCUT2D eigenvalue weighted by molar-refractivity contribution is 0.590. The molecule has 0 unspecified atom stereocenters. The van der Waals surface area contributed by atoms with Gasteiger partial charge in [0.05, 0.1) is 0 Å². The molecule has 0 saturated carbocycles. The van der Waals surface area contributed by atoms with Gasteiger partial charge in [-0.15, -0.1) is 11.3 Å². The Labute approximate surface area is 64.7 Å². The van der Waals surface area contributed by atoms with Crippen molar-refractivity contribution in [1.82, 2.24) is 0 Å².